The number of methoxy groups -OCH3 is 1. The number of halogens is 1. The maximum atomic E-state index is 12.1. The number of amides is 1. The number of benzene rings is 1. The van der Waals surface area contributed by atoms with E-state index in [-0.39, 0.29) is 17.2 Å². The molecule has 20 heavy (non-hydrogen) atoms. The van der Waals surface area contributed by atoms with E-state index in [0.717, 1.165) is 0 Å². The van der Waals surface area contributed by atoms with Gasteiger partial charge in [-0.2, -0.15) is 0 Å². The molecule has 1 aromatic carbocycles. The van der Waals surface area contributed by atoms with Gasteiger partial charge in [0.05, 0.1) is 12.7 Å². The van der Waals surface area contributed by atoms with Crippen LogP contribution in [0, 0.1) is 5.92 Å². The van der Waals surface area contributed by atoms with Crippen LogP contribution in [0.1, 0.15) is 30.6 Å². The number of hydrogen-bond acceptors (Lipinski definition) is 4. The van der Waals surface area contributed by atoms with Crippen molar-refractivity contribution in [1.29, 1.82) is 0 Å². The van der Waals surface area contributed by atoms with Crippen LogP contribution in [0.2, 0.25) is 5.02 Å². The van der Waals surface area contributed by atoms with Crippen LogP contribution in [0.25, 0.3) is 0 Å². The number of phenols is 1. The Morgan fingerprint density at radius 1 is 1.40 bits per heavy atom. The Labute approximate surface area is 122 Å². The van der Waals surface area contributed by atoms with Crippen molar-refractivity contribution in [2.75, 3.05) is 7.11 Å². The third-order valence-electron chi connectivity index (χ3n) is 2.70. The zero-order valence-corrected chi connectivity index (χ0v) is 12.4. The first-order valence-electron chi connectivity index (χ1n) is 6.22. The number of carbonyl (C=O) groups is 2. The second-order valence-electron chi connectivity index (χ2n) is 4.84. The Morgan fingerprint density at radius 3 is 2.60 bits per heavy atom. The van der Waals surface area contributed by atoms with Crippen molar-refractivity contribution in [3.05, 3.63) is 28.8 Å². The number of esters is 1. The van der Waals surface area contributed by atoms with Gasteiger partial charge in [0, 0.05) is 5.02 Å². The number of nitrogens with one attached hydrogen (secondary N) is 1. The van der Waals surface area contributed by atoms with Crippen molar-refractivity contribution < 1.29 is 19.4 Å². The van der Waals surface area contributed by atoms with Crippen LogP contribution in [0.5, 0.6) is 5.75 Å². The van der Waals surface area contributed by atoms with E-state index in [2.05, 4.69) is 10.1 Å². The summed E-state index contributed by atoms with van der Waals surface area (Å²) in [5, 5.41) is 12.5. The monoisotopic (exact) mass is 299 g/mol. The average molecular weight is 300 g/mol. The lowest BCUT2D eigenvalue weighted by atomic mass is 10.0. The lowest BCUT2D eigenvalue weighted by Gasteiger charge is -2.18. The molecule has 0 radical (unpaired) electrons. The molecule has 0 aliphatic carbocycles. The number of hydrogen-bond donors (Lipinski definition) is 2. The summed E-state index contributed by atoms with van der Waals surface area (Å²) in [6, 6.07) is 3.38. The number of rotatable bonds is 5. The van der Waals surface area contributed by atoms with Gasteiger partial charge in [-0.05, 0) is 30.5 Å². The summed E-state index contributed by atoms with van der Waals surface area (Å²) >= 11 is 5.79. The van der Waals surface area contributed by atoms with Crippen LogP contribution in [-0.2, 0) is 9.53 Å². The molecule has 5 nitrogen and oxygen atoms in total. The zero-order chi connectivity index (χ0) is 15.3. The van der Waals surface area contributed by atoms with Crippen LogP contribution in [-0.4, -0.2) is 30.1 Å². The van der Waals surface area contributed by atoms with Crippen molar-refractivity contribution in [3.8, 4) is 5.75 Å². The maximum Gasteiger partial charge on any atom is 0.328 e. The van der Waals surface area contributed by atoms with Crippen LogP contribution in [0.3, 0.4) is 0 Å². The molecule has 6 heteroatoms. The molecule has 1 amide bonds. The summed E-state index contributed by atoms with van der Waals surface area (Å²) in [6.07, 6.45) is 0.444. The van der Waals surface area contributed by atoms with Crippen LogP contribution in [0.4, 0.5) is 0 Å². The fraction of sp³-hybridized carbons (Fsp3) is 0.429. The Bertz CT molecular complexity index is 502. The molecule has 0 aromatic heterocycles. The summed E-state index contributed by atoms with van der Waals surface area (Å²) in [4.78, 5) is 23.7. The Kier molecular flexibility index (Phi) is 5.82. The molecule has 0 aliphatic heterocycles. The largest absolute Gasteiger partial charge is 0.507 e. The molecule has 0 heterocycles. The molecule has 0 saturated carbocycles. The molecule has 1 rings (SSSR count). The highest BCUT2D eigenvalue weighted by Crippen LogP contribution is 2.21. The quantitative estimate of drug-likeness (QED) is 0.818. The van der Waals surface area contributed by atoms with E-state index >= 15 is 0 Å². The highest BCUT2D eigenvalue weighted by molar-refractivity contribution is 6.31. The minimum absolute atomic E-state index is 0.0233. The number of aromatic hydroxyl groups is 1. The van der Waals surface area contributed by atoms with Crippen LogP contribution >= 0.6 is 11.6 Å². The molecule has 110 valence electrons. The molecule has 0 saturated heterocycles. The molecule has 0 aliphatic rings. The van der Waals surface area contributed by atoms with Gasteiger partial charge >= 0.3 is 5.97 Å². The van der Waals surface area contributed by atoms with Gasteiger partial charge in [0.15, 0.2) is 0 Å². The van der Waals surface area contributed by atoms with Crippen LogP contribution in [0.15, 0.2) is 18.2 Å². The molecule has 2 N–H and O–H groups in total. The predicted molar refractivity (Wildman–Crippen MR) is 75.8 cm³/mol. The smallest absolute Gasteiger partial charge is 0.328 e. The summed E-state index contributed by atoms with van der Waals surface area (Å²) in [6.45, 7) is 3.86. The zero-order valence-electron chi connectivity index (χ0n) is 11.6. The first kappa shape index (κ1) is 16.3. The van der Waals surface area contributed by atoms with Crippen molar-refractivity contribution >= 4 is 23.5 Å². The minimum Gasteiger partial charge on any atom is -0.507 e. The summed E-state index contributed by atoms with van der Waals surface area (Å²) in [7, 11) is 1.26. The van der Waals surface area contributed by atoms with Crippen molar-refractivity contribution in [2.24, 2.45) is 5.92 Å². The fourth-order valence-electron chi connectivity index (χ4n) is 1.75. The number of carbonyl (C=O) groups excluding carboxylic acids is 2. The van der Waals surface area contributed by atoms with Gasteiger partial charge in [-0.1, -0.05) is 25.4 Å². The third-order valence-corrected chi connectivity index (χ3v) is 2.94. The minimum atomic E-state index is -0.758. The molecule has 0 bridgehead atoms. The normalized spacial score (nSPS) is 12.1. The average Bonchev–Trinajstić information content (AvgIpc) is 2.39. The van der Waals surface area contributed by atoms with Gasteiger partial charge in [-0.15, -0.1) is 0 Å². The topological polar surface area (TPSA) is 75.6 Å². The molecule has 0 spiro atoms. The maximum absolute atomic E-state index is 12.1. The van der Waals surface area contributed by atoms with E-state index in [9.17, 15) is 14.7 Å². The third kappa shape index (κ3) is 4.42. The Morgan fingerprint density at radius 2 is 2.05 bits per heavy atom. The van der Waals surface area contributed by atoms with E-state index in [0.29, 0.717) is 11.4 Å². The molecule has 0 fully saturated rings. The number of ether oxygens (including phenoxy) is 1. The van der Waals surface area contributed by atoms with E-state index in [1.54, 1.807) is 0 Å². The molecule has 1 unspecified atom stereocenters. The second-order valence-corrected chi connectivity index (χ2v) is 5.28. The van der Waals surface area contributed by atoms with Gasteiger partial charge in [-0.25, -0.2) is 4.79 Å². The van der Waals surface area contributed by atoms with E-state index in [1.807, 2.05) is 13.8 Å². The molecular formula is C14H18ClNO4. The first-order valence-corrected chi connectivity index (χ1v) is 6.60. The van der Waals surface area contributed by atoms with Crippen LogP contribution < -0.4 is 5.32 Å². The highest BCUT2D eigenvalue weighted by atomic mass is 35.5. The first-order chi connectivity index (χ1) is 9.35. The second kappa shape index (κ2) is 7.14. The summed E-state index contributed by atoms with van der Waals surface area (Å²) < 4.78 is 4.66. The molecule has 1 aromatic rings. The fourth-order valence-corrected chi connectivity index (χ4v) is 1.93. The van der Waals surface area contributed by atoms with Gasteiger partial charge in [-0.3, -0.25) is 4.79 Å². The van der Waals surface area contributed by atoms with Crippen molar-refractivity contribution in [2.45, 2.75) is 26.3 Å². The Hall–Kier alpha value is -1.75. The standard InChI is InChI=1S/C14H18ClNO4/c1-8(2)6-11(14(19)20-3)16-13(18)10-7-9(15)4-5-12(10)17/h4-5,7-8,11,17H,6H2,1-3H3,(H,16,18). The SMILES string of the molecule is COC(=O)C(CC(C)C)NC(=O)c1cc(Cl)ccc1O. The van der Waals surface area contributed by atoms with E-state index in [1.165, 1.54) is 25.3 Å². The number of phenolic OH excluding ortho intramolecular Hbond substituents is 1. The summed E-state index contributed by atoms with van der Waals surface area (Å²) in [5.74, 6) is -1.08. The van der Waals surface area contributed by atoms with Gasteiger partial charge in [0.1, 0.15) is 11.8 Å². The lowest BCUT2D eigenvalue weighted by Crippen LogP contribution is -2.42. The predicted octanol–water partition coefficient (Wildman–Crippen LogP) is 2.36. The van der Waals surface area contributed by atoms with Gasteiger partial charge in [0.2, 0.25) is 0 Å². The van der Waals surface area contributed by atoms with Crippen molar-refractivity contribution in [1.82, 2.24) is 5.32 Å². The van der Waals surface area contributed by atoms with E-state index < -0.39 is 17.9 Å². The Balaban J connectivity index is 2.90. The van der Waals surface area contributed by atoms with E-state index in [4.69, 9.17) is 11.6 Å². The lowest BCUT2D eigenvalue weighted by molar-refractivity contribution is -0.143. The van der Waals surface area contributed by atoms with Gasteiger partial charge in [0.25, 0.3) is 5.91 Å². The van der Waals surface area contributed by atoms with Crippen molar-refractivity contribution in [3.63, 3.8) is 0 Å². The highest BCUT2D eigenvalue weighted by Gasteiger charge is 2.24. The molecular weight excluding hydrogens is 282 g/mol. The van der Waals surface area contributed by atoms with Gasteiger partial charge < -0.3 is 15.2 Å². The molecule has 1 atom stereocenters. The summed E-state index contributed by atoms with van der Waals surface area (Å²) in [5.41, 5.74) is 0.0233.